The first-order valence-corrected chi connectivity index (χ1v) is 6.15. The van der Waals surface area contributed by atoms with E-state index in [2.05, 4.69) is 4.74 Å². The first kappa shape index (κ1) is 13.4. The summed E-state index contributed by atoms with van der Waals surface area (Å²) in [6, 6.07) is 3.21. The predicted octanol–water partition coefficient (Wildman–Crippen LogP) is 3.07. The summed E-state index contributed by atoms with van der Waals surface area (Å²) in [5.74, 6) is -1.82. The Balaban J connectivity index is 3.32. The van der Waals surface area contributed by atoms with Crippen molar-refractivity contribution in [2.24, 2.45) is 0 Å². The number of ether oxygens (including phenoxy) is 1. The van der Waals surface area contributed by atoms with Crippen molar-refractivity contribution in [3.8, 4) is 0 Å². The van der Waals surface area contributed by atoms with Gasteiger partial charge in [0.05, 0.1) is 22.7 Å². The van der Waals surface area contributed by atoms with Gasteiger partial charge in [0, 0.05) is 4.90 Å². The van der Waals surface area contributed by atoms with Gasteiger partial charge in [-0.3, -0.25) is 4.79 Å². The van der Waals surface area contributed by atoms with Crippen LogP contribution in [-0.4, -0.2) is 25.1 Å². The Bertz CT molecular complexity index is 446. The maximum absolute atomic E-state index is 11.6. The van der Waals surface area contributed by atoms with Gasteiger partial charge in [-0.25, -0.2) is 4.79 Å². The van der Waals surface area contributed by atoms with Crippen molar-refractivity contribution in [2.45, 2.75) is 4.90 Å². The van der Waals surface area contributed by atoms with Gasteiger partial charge in [-0.2, -0.15) is 0 Å². The van der Waals surface area contributed by atoms with E-state index in [-0.39, 0.29) is 15.6 Å². The van der Waals surface area contributed by atoms with Crippen LogP contribution in [0.3, 0.4) is 0 Å². The molecule has 0 aliphatic heterocycles. The lowest BCUT2D eigenvalue weighted by molar-refractivity contribution is -0.135. The van der Waals surface area contributed by atoms with E-state index in [4.69, 9.17) is 23.2 Å². The molecule has 0 atom stereocenters. The van der Waals surface area contributed by atoms with Crippen LogP contribution in [0.2, 0.25) is 10.0 Å². The minimum atomic E-state index is -0.984. The van der Waals surface area contributed by atoms with Gasteiger partial charge >= 0.3 is 5.97 Å². The van der Waals surface area contributed by atoms with Crippen molar-refractivity contribution in [3.63, 3.8) is 0 Å². The number of Topliss-reactive ketones (excluding diaryl/α,β-unsaturated/α-hetero) is 1. The van der Waals surface area contributed by atoms with E-state index in [0.29, 0.717) is 4.90 Å². The van der Waals surface area contributed by atoms with Crippen LogP contribution in [0.5, 0.6) is 0 Å². The van der Waals surface area contributed by atoms with Crippen molar-refractivity contribution in [1.82, 2.24) is 0 Å². The molecule has 0 radical (unpaired) electrons. The molecule has 1 aromatic carbocycles. The lowest BCUT2D eigenvalue weighted by atomic mass is 10.1. The Hall–Kier alpha value is -0.710. The number of rotatable bonds is 3. The lowest BCUT2D eigenvalue weighted by Crippen LogP contribution is -2.16. The second-order valence-electron chi connectivity index (χ2n) is 2.76. The van der Waals surface area contributed by atoms with Crippen LogP contribution in [0.1, 0.15) is 10.4 Å². The number of benzene rings is 1. The van der Waals surface area contributed by atoms with Gasteiger partial charge in [0.25, 0.3) is 5.78 Å². The van der Waals surface area contributed by atoms with E-state index in [1.54, 1.807) is 6.07 Å². The molecule has 0 saturated heterocycles. The van der Waals surface area contributed by atoms with Crippen molar-refractivity contribution in [2.75, 3.05) is 13.4 Å². The van der Waals surface area contributed by atoms with Crippen LogP contribution in [0.25, 0.3) is 0 Å². The summed E-state index contributed by atoms with van der Waals surface area (Å²) in [4.78, 5) is 23.4. The monoisotopic (exact) mass is 278 g/mol. The highest BCUT2D eigenvalue weighted by molar-refractivity contribution is 7.98. The molecule has 0 aromatic heterocycles. The third kappa shape index (κ3) is 2.51. The summed E-state index contributed by atoms with van der Waals surface area (Å²) in [6.07, 6.45) is 1.81. The maximum atomic E-state index is 11.6. The number of carbonyl (C=O) groups is 2. The van der Waals surface area contributed by atoms with E-state index < -0.39 is 11.8 Å². The van der Waals surface area contributed by atoms with Gasteiger partial charge in [0.1, 0.15) is 0 Å². The molecule has 0 saturated carbocycles. The Morgan fingerprint density at radius 1 is 1.31 bits per heavy atom. The molecule has 1 aromatic rings. The third-order valence-corrected chi connectivity index (χ3v) is 3.47. The predicted molar refractivity (Wildman–Crippen MR) is 64.6 cm³/mol. The Kier molecular flexibility index (Phi) is 4.65. The highest BCUT2D eigenvalue weighted by Crippen LogP contribution is 2.33. The SMILES string of the molecule is COC(=O)C(=O)c1c(Cl)ccc(SC)c1Cl. The number of hydrogen-bond acceptors (Lipinski definition) is 4. The molecule has 0 unspecified atom stereocenters. The van der Waals surface area contributed by atoms with Crippen LogP contribution >= 0.6 is 35.0 Å². The van der Waals surface area contributed by atoms with Crippen LogP contribution in [-0.2, 0) is 9.53 Å². The van der Waals surface area contributed by atoms with Crippen LogP contribution in [0.15, 0.2) is 17.0 Å². The molecule has 0 aliphatic rings. The average molecular weight is 279 g/mol. The maximum Gasteiger partial charge on any atom is 0.379 e. The molecule has 6 heteroatoms. The fraction of sp³-hybridized carbons (Fsp3) is 0.200. The van der Waals surface area contributed by atoms with Crippen molar-refractivity contribution >= 4 is 46.7 Å². The number of ketones is 1. The highest BCUT2D eigenvalue weighted by atomic mass is 35.5. The zero-order chi connectivity index (χ0) is 12.3. The topological polar surface area (TPSA) is 43.4 Å². The fourth-order valence-corrected chi connectivity index (χ4v) is 2.35. The van der Waals surface area contributed by atoms with Crippen LogP contribution in [0, 0.1) is 0 Å². The molecule has 86 valence electrons. The second-order valence-corrected chi connectivity index (χ2v) is 4.39. The second kappa shape index (κ2) is 5.57. The minimum absolute atomic E-state index is 0.0120. The molecule has 3 nitrogen and oxygen atoms in total. The lowest BCUT2D eigenvalue weighted by Gasteiger charge is -2.07. The average Bonchev–Trinajstić information content (AvgIpc) is 2.28. The van der Waals surface area contributed by atoms with Gasteiger partial charge in [-0.05, 0) is 18.4 Å². The van der Waals surface area contributed by atoms with Crippen LogP contribution < -0.4 is 0 Å². The molecule has 16 heavy (non-hydrogen) atoms. The van der Waals surface area contributed by atoms with Gasteiger partial charge in [0.2, 0.25) is 0 Å². The highest BCUT2D eigenvalue weighted by Gasteiger charge is 2.24. The summed E-state index contributed by atoms with van der Waals surface area (Å²) >= 11 is 13.2. The van der Waals surface area contributed by atoms with Crippen molar-refractivity contribution in [3.05, 3.63) is 27.7 Å². The molecule has 0 fully saturated rings. The first-order chi connectivity index (χ1) is 7.52. The third-order valence-electron chi connectivity index (χ3n) is 1.87. The van der Waals surface area contributed by atoms with E-state index in [1.807, 2.05) is 6.26 Å². The van der Waals surface area contributed by atoms with E-state index in [0.717, 1.165) is 7.11 Å². The summed E-state index contributed by atoms with van der Waals surface area (Å²) < 4.78 is 4.34. The van der Waals surface area contributed by atoms with E-state index in [1.165, 1.54) is 17.8 Å². The molecule has 0 aliphatic carbocycles. The molecule has 0 heterocycles. The molecule has 0 N–H and O–H groups in total. The number of hydrogen-bond donors (Lipinski definition) is 0. The minimum Gasteiger partial charge on any atom is -0.463 e. The zero-order valence-electron chi connectivity index (χ0n) is 8.54. The number of halogens is 2. The summed E-state index contributed by atoms with van der Waals surface area (Å²) in [5, 5.41) is 0.314. The summed E-state index contributed by atoms with van der Waals surface area (Å²) in [5.41, 5.74) is -0.0120. The fourth-order valence-electron chi connectivity index (χ4n) is 1.09. The molecule has 0 bridgehead atoms. The molecule has 0 spiro atoms. The van der Waals surface area contributed by atoms with Crippen molar-refractivity contribution in [1.29, 1.82) is 0 Å². The van der Waals surface area contributed by atoms with E-state index in [9.17, 15) is 9.59 Å². The Morgan fingerprint density at radius 3 is 2.44 bits per heavy atom. The Labute approximate surface area is 107 Å². The van der Waals surface area contributed by atoms with Gasteiger partial charge in [0.15, 0.2) is 0 Å². The molecule has 0 amide bonds. The molecular formula is C10H8Cl2O3S. The smallest absolute Gasteiger partial charge is 0.379 e. The molecular weight excluding hydrogens is 271 g/mol. The zero-order valence-corrected chi connectivity index (χ0v) is 10.9. The normalized spacial score (nSPS) is 10.0. The first-order valence-electron chi connectivity index (χ1n) is 4.17. The van der Waals surface area contributed by atoms with Gasteiger partial charge < -0.3 is 4.74 Å². The van der Waals surface area contributed by atoms with Gasteiger partial charge in [-0.1, -0.05) is 23.2 Å². The standard InChI is InChI=1S/C10H8Cl2O3S/c1-15-10(14)9(13)7-5(11)3-4-6(16-2)8(7)12/h3-4H,1-2H3. The number of methoxy groups -OCH3 is 1. The Morgan fingerprint density at radius 2 is 1.94 bits per heavy atom. The molecule has 1 rings (SSSR count). The van der Waals surface area contributed by atoms with Crippen LogP contribution in [0.4, 0.5) is 0 Å². The van der Waals surface area contributed by atoms with Gasteiger partial charge in [-0.15, -0.1) is 11.8 Å². The summed E-state index contributed by atoms with van der Waals surface area (Å²) in [7, 11) is 1.13. The number of carbonyl (C=O) groups excluding carboxylic acids is 2. The number of thioether (sulfide) groups is 1. The van der Waals surface area contributed by atoms with E-state index >= 15 is 0 Å². The number of esters is 1. The quantitative estimate of drug-likeness (QED) is 0.369. The van der Waals surface area contributed by atoms with Crippen molar-refractivity contribution < 1.29 is 14.3 Å². The summed E-state index contributed by atoms with van der Waals surface area (Å²) in [6.45, 7) is 0. The largest absolute Gasteiger partial charge is 0.463 e.